The fraction of sp³-hybridized carbons (Fsp3) is 0.706. The highest BCUT2D eigenvalue weighted by atomic mass is 28.4. The van der Waals surface area contributed by atoms with Crippen molar-refractivity contribution in [1.82, 2.24) is 0 Å². The van der Waals surface area contributed by atoms with Crippen LogP contribution in [0.25, 0.3) is 0 Å². The van der Waals surface area contributed by atoms with Crippen molar-refractivity contribution in [3.63, 3.8) is 0 Å². The molecule has 0 unspecified atom stereocenters. The summed E-state index contributed by atoms with van der Waals surface area (Å²) in [5.41, 5.74) is 1.93. The summed E-state index contributed by atoms with van der Waals surface area (Å²) >= 11 is 0. The van der Waals surface area contributed by atoms with Crippen LogP contribution in [-0.2, 0) is 14.0 Å². The Morgan fingerprint density at radius 2 is 1.76 bits per heavy atom. The molecule has 0 spiro atoms. The minimum atomic E-state index is -2.35. The normalized spacial score (nSPS) is 21.6. The van der Waals surface area contributed by atoms with E-state index in [0.29, 0.717) is 11.1 Å². The summed E-state index contributed by atoms with van der Waals surface area (Å²) in [6.45, 7) is 8.74. The molecule has 3 nitrogen and oxygen atoms in total. The van der Waals surface area contributed by atoms with Gasteiger partial charge in [0, 0.05) is 6.42 Å². The van der Waals surface area contributed by atoms with Crippen molar-refractivity contribution < 1.29 is 14.0 Å². The monoisotopic (exact) mass is 308 g/mol. The molecule has 1 aliphatic carbocycles. The second kappa shape index (κ2) is 6.38. The first-order valence-corrected chi connectivity index (χ1v) is 10.2. The summed E-state index contributed by atoms with van der Waals surface area (Å²) < 4.78 is 11.7. The lowest BCUT2D eigenvalue weighted by Gasteiger charge is -2.43. The van der Waals surface area contributed by atoms with Gasteiger partial charge in [-0.3, -0.25) is 0 Å². The van der Waals surface area contributed by atoms with Crippen LogP contribution in [0.2, 0.25) is 11.1 Å². The largest absolute Gasteiger partial charge is 0.541 e. The Balaban J connectivity index is 2.54. The van der Waals surface area contributed by atoms with Crippen LogP contribution in [0.4, 0.5) is 0 Å². The van der Waals surface area contributed by atoms with E-state index in [1.54, 1.807) is 0 Å². The predicted molar refractivity (Wildman–Crippen MR) is 87.2 cm³/mol. The summed E-state index contributed by atoms with van der Waals surface area (Å²) in [4.78, 5) is 12.4. The van der Waals surface area contributed by atoms with Gasteiger partial charge < -0.3 is 9.16 Å². The van der Waals surface area contributed by atoms with E-state index in [1.165, 1.54) is 31.9 Å². The van der Waals surface area contributed by atoms with Gasteiger partial charge in [-0.25, -0.2) is 4.79 Å². The van der Waals surface area contributed by atoms with Crippen molar-refractivity contribution in [3.05, 3.63) is 22.6 Å². The number of carbonyl (C=O) groups excluding carboxylic acids is 1. The van der Waals surface area contributed by atoms with Gasteiger partial charge in [-0.2, -0.15) is 0 Å². The van der Waals surface area contributed by atoms with Crippen LogP contribution < -0.4 is 0 Å². The second-order valence-corrected chi connectivity index (χ2v) is 11.4. The lowest BCUT2D eigenvalue weighted by atomic mass is 10.1. The van der Waals surface area contributed by atoms with Crippen LogP contribution in [0.3, 0.4) is 0 Å². The van der Waals surface area contributed by atoms with Crippen molar-refractivity contribution >= 4 is 14.3 Å². The second-order valence-electron chi connectivity index (χ2n) is 6.76. The molecule has 21 heavy (non-hydrogen) atoms. The van der Waals surface area contributed by atoms with E-state index in [4.69, 9.17) is 9.16 Å². The van der Waals surface area contributed by atoms with Crippen LogP contribution in [0, 0.1) is 0 Å². The van der Waals surface area contributed by atoms with Crippen molar-refractivity contribution in [2.24, 2.45) is 0 Å². The Labute approximate surface area is 129 Å². The molecule has 0 bridgehead atoms. The molecule has 0 radical (unpaired) electrons. The lowest BCUT2D eigenvalue weighted by molar-refractivity contribution is -0.135. The molecule has 2 rings (SSSR count). The Bertz CT molecular complexity index is 466. The van der Waals surface area contributed by atoms with Crippen LogP contribution in [-0.4, -0.2) is 21.4 Å². The molecule has 0 aromatic rings. The van der Waals surface area contributed by atoms with E-state index in [0.717, 1.165) is 23.8 Å². The summed E-state index contributed by atoms with van der Waals surface area (Å²) in [6, 6.07) is 0. The fourth-order valence-corrected chi connectivity index (χ4v) is 8.37. The molecule has 0 aromatic carbocycles. The van der Waals surface area contributed by atoms with Gasteiger partial charge in [-0.15, -0.1) is 0 Å². The van der Waals surface area contributed by atoms with Crippen LogP contribution in [0.15, 0.2) is 22.6 Å². The Hall–Kier alpha value is -1.03. The molecule has 0 atom stereocenters. The quantitative estimate of drug-likeness (QED) is 0.563. The first-order chi connectivity index (χ1) is 9.93. The molecular weight excluding hydrogens is 280 g/mol. The maximum atomic E-state index is 12.4. The molecule has 2 aliphatic rings. The van der Waals surface area contributed by atoms with Crippen molar-refractivity contribution in [2.45, 2.75) is 70.9 Å². The number of methoxy groups -OCH3 is 1. The standard InChI is InChI=1S/C17H28O3Si/c1-12(2)21(13(3)4)16(17(18)19-5)11-14-9-7-6-8-10-15(14)20-21/h11-13H,6-10H2,1-5H3. The Kier molecular flexibility index (Phi) is 4.97. The number of ether oxygens (including phenoxy) is 1. The Morgan fingerprint density at radius 3 is 2.33 bits per heavy atom. The van der Waals surface area contributed by atoms with Gasteiger partial charge in [-0.05, 0) is 42.0 Å². The van der Waals surface area contributed by atoms with Gasteiger partial charge >= 0.3 is 5.97 Å². The first-order valence-electron chi connectivity index (χ1n) is 8.15. The summed E-state index contributed by atoms with van der Waals surface area (Å²) in [6.07, 6.45) is 7.80. The Morgan fingerprint density at radius 1 is 1.14 bits per heavy atom. The smallest absolute Gasteiger partial charge is 0.333 e. The van der Waals surface area contributed by atoms with Gasteiger partial charge in [0.1, 0.15) is 0 Å². The number of allylic oxidation sites excluding steroid dienone is 3. The predicted octanol–water partition coefficient (Wildman–Crippen LogP) is 4.64. The van der Waals surface area contributed by atoms with Crippen molar-refractivity contribution in [2.75, 3.05) is 7.11 Å². The summed E-state index contributed by atoms with van der Waals surface area (Å²) in [5.74, 6) is 0.967. The number of hydrogen-bond donors (Lipinski definition) is 0. The van der Waals surface area contributed by atoms with Gasteiger partial charge in [0.25, 0.3) is 8.32 Å². The van der Waals surface area contributed by atoms with Gasteiger partial charge in [0.2, 0.25) is 0 Å². The molecule has 4 heteroatoms. The molecule has 1 aliphatic heterocycles. The molecule has 0 saturated carbocycles. The number of rotatable bonds is 3. The zero-order valence-corrected chi connectivity index (χ0v) is 15.0. The number of esters is 1. The average molecular weight is 308 g/mol. The van der Waals surface area contributed by atoms with Gasteiger partial charge in [0.05, 0.1) is 18.1 Å². The third kappa shape index (κ3) is 2.82. The van der Waals surface area contributed by atoms with E-state index >= 15 is 0 Å². The number of hydrogen-bond acceptors (Lipinski definition) is 3. The molecule has 1 heterocycles. The highest BCUT2D eigenvalue weighted by molar-refractivity contribution is 6.87. The van der Waals surface area contributed by atoms with Crippen molar-refractivity contribution in [3.8, 4) is 0 Å². The average Bonchev–Trinajstić information content (AvgIpc) is 2.68. The van der Waals surface area contributed by atoms with Crippen LogP contribution in [0.5, 0.6) is 0 Å². The fourth-order valence-electron chi connectivity index (χ4n) is 3.75. The highest BCUT2D eigenvalue weighted by Gasteiger charge is 2.53. The van der Waals surface area contributed by atoms with E-state index in [-0.39, 0.29) is 5.97 Å². The third-order valence-electron chi connectivity index (χ3n) is 4.86. The van der Waals surface area contributed by atoms with E-state index < -0.39 is 8.32 Å². The molecular formula is C17H28O3Si. The van der Waals surface area contributed by atoms with Gasteiger partial charge in [0.15, 0.2) is 0 Å². The lowest BCUT2D eigenvalue weighted by Crippen LogP contribution is -2.51. The van der Waals surface area contributed by atoms with E-state index in [2.05, 4.69) is 33.8 Å². The summed E-state index contributed by atoms with van der Waals surface area (Å²) in [5, 5.41) is 0.829. The maximum absolute atomic E-state index is 12.4. The van der Waals surface area contributed by atoms with Gasteiger partial charge in [-0.1, -0.05) is 34.1 Å². The minimum Gasteiger partial charge on any atom is -0.541 e. The van der Waals surface area contributed by atoms with E-state index in [9.17, 15) is 4.79 Å². The maximum Gasteiger partial charge on any atom is 0.333 e. The van der Waals surface area contributed by atoms with E-state index in [1.807, 2.05) is 0 Å². The molecule has 0 N–H and O–H groups in total. The highest BCUT2D eigenvalue weighted by Crippen LogP contribution is 2.46. The topological polar surface area (TPSA) is 35.5 Å². The molecule has 0 saturated heterocycles. The molecule has 118 valence electrons. The SMILES string of the molecule is COC(=O)C1=CC2=C(CCCCC2)O[Si]1(C(C)C)C(C)C. The van der Waals surface area contributed by atoms with Crippen LogP contribution >= 0.6 is 0 Å². The third-order valence-corrected chi connectivity index (χ3v) is 10.1. The first kappa shape index (κ1) is 16.3. The molecule has 0 aromatic heterocycles. The zero-order valence-electron chi connectivity index (χ0n) is 14.0. The van der Waals surface area contributed by atoms with Crippen LogP contribution in [0.1, 0.15) is 59.8 Å². The molecule has 0 amide bonds. The van der Waals surface area contributed by atoms with Crippen molar-refractivity contribution in [1.29, 1.82) is 0 Å². The molecule has 0 fully saturated rings. The minimum absolute atomic E-state index is 0.195. The zero-order chi connectivity index (χ0) is 15.6. The number of carbonyl (C=O) groups is 1. The summed E-state index contributed by atoms with van der Waals surface area (Å²) in [7, 11) is -0.881.